The van der Waals surface area contributed by atoms with E-state index in [2.05, 4.69) is 22.9 Å². The molecule has 3 aromatic rings. The van der Waals surface area contributed by atoms with Gasteiger partial charge in [-0.25, -0.2) is 0 Å². The van der Waals surface area contributed by atoms with Crippen LogP contribution in [-0.4, -0.2) is 35.1 Å². The van der Waals surface area contributed by atoms with Gasteiger partial charge in [-0.3, -0.25) is 15.0 Å². The number of phenols is 1. The Morgan fingerprint density at radius 3 is 2.39 bits per heavy atom. The lowest BCUT2D eigenvalue weighted by atomic mass is 9.86. The second-order valence-electron chi connectivity index (χ2n) is 11.1. The van der Waals surface area contributed by atoms with Crippen LogP contribution in [0.25, 0.3) is 6.08 Å². The molecule has 1 aliphatic rings. The molecule has 4 rings (SSSR count). The first-order valence-electron chi connectivity index (χ1n) is 14.1. The Morgan fingerprint density at radius 2 is 1.73 bits per heavy atom. The van der Waals surface area contributed by atoms with E-state index in [0.717, 1.165) is 46.4 Å². The van der Waals surface area contributed by atoms with Gasteiger partial charge in [0.25, 0.3) is 0 Å². The number of ether oxygens (including phenoxy) is 2. The van der Waals surface area contributed by atoms with Crippen molar-refractivity contribution in [2.45, 2.75) is 59.5 Å². The van der Waals surface area contributed by atoms with E-state index in [-0.39, 0.29) is 30.2 Å². The summed E-state index contributed by atoms with van der Waals surface area (Å²) >= 11 is 0. The number of guanidine groups is 1. The summed E-state index contributed by atoms with van der Waals surface area (Å²) in [5.41, 5.74) is 11.0. The molecule has 0 saturated carbocycles. The molecule has 1 unspecified atom stereocenters. The molecule has 1 aliphatic heterocycles. The molecule has 0 bridgehead atoms. The molecule has 0 radical (unpaired) electrons. The fourth-order valence-electron chi connectivity index (χ4n) is 5.06. The summed E-state index contributed by atoms with van der Waals surface area (Å²) in [5.74, 6) is 0.901. The summed E-state index contributed by atoms with van der Waals surface area (Å²) in [7, 11) is 0. The molecule has 44 heavy (non-hydrogen) atoms. The zero-order valence-electron chi connectivity index (χ0n) is 25.6. The first-order chi connectivity index (χ1) is 20.3. The van der Waals surface area contributed by atoms with Gasteiger partial charge in [0.05, 0.1) is 12.3 Å². The van der Waals surface area contributed by atoms with Crippen LogP contribution in [0.5, 0.6) is 17.2 Å². The number of hydrogen-bond acceptors (Lipinski definition) is 6. The van der Waals surface area contributed by atoms with Gasteiger partial charge >= 0.3 is 0 Å². The lowest BCUT2D eigenvalue weighted by Gasteiger charge is -2.38. The van der Waals surface area contributed by atoms with E-state index < -0.39 is 5.60 Å². The van der Waals surface area contributed by atoms with Crippen molar-refractivity contribution in [2.24, 2.45) is 5.73 Å². The molecule has 0 fully saturated rings. The van der Waals surface area contributed by atoms with E-state index in [1.807, 2.05) is 20.8 Å². The fourth-order valence-corrected chi connectivity index (χ4v) is 5.06. The number of carbonyl (C=O) groups is 2. The average Bonchev–Trinajstić information content (AvgIpc) is 2.95. The second-order valence-corrected chi connectivity index (χ2v) is 11.1. The molecule has 0 spiro atoms. The molecule has 1 atom stereocenters. The molecule has 1 heterocycles. The van der Waals surface area contributed by atoms with Crippen molar-refractivity contribution >= 4 is 53.3 Å². The van der Waals surface area contributed by atoms with Gasteiger partial charge in [-0.2, -0.15) is 0 Å². The summed E-state index contributed by atoms with van der Waals surface area (Å²) in [6, 6.07) is 12.2. The number of anilines is 3. The van der Waals surface area contributed by atoms with Gasteiger partial charge in [0.15, 0.2) is 5.96 Å². The van der Waals surface area contributed by atoms with Gasteiger partial charge in [0, 0.05) is 36.4 Å². The highest BCUT2D eigenvalue weighted by molar-refractivity contribution is 6.02. The molecule has 7 N–H and O–H groups in total. The molecular weight excluding hydrogens is 582 g/mol. The molecule has 0 aromatic heterocycles. The van der Waals surface area contributed by atoms with Gasteiger partial charge in [-0.15, -0.1) is 12.4 Å². The summed E-state index contributed by atoms with van der Waals surface area (Å²) in [4.78, 5) is 24.5. The maximum atomic E-state index is 12.6. The van der Waals surface area contributed by atoms with Crippen LogP contribution >= 0.6 is 12.4 Å². The molecule has 234 valence electrons. The Bertz CT molecular complexity index is 1590. The standard InChI is InChI=1S/C33H39N5O5.ClH/c1-19-20(2)31-26(21(3)30(19)41)14-15-33(5,43-31)16-17-42-28-12-11-25(18-27(28)36-22(4)39)37-29(40)13-8-23-6-9-24(10-7-23)38-32(34)35;/h6-13,18,41H,14-17H2,1-5H3,(H,36,39)(H,37,40)(H4,34,35,38);1H. The van der Waals surface area contributed by atoms with Crippen molar-refractivity contribution in [3.8, 4) is 17.2 Å². The third-order valence-corrected chi connectivity index (χ3v) is 7.66. The van der Waals surface area contributed by atoms with Crippen molar-refractivity contribution in [3.63, 3.8) is 0 Å². The minimum atomic E-state index is -0.452. The minimum Gasteiger partial charge on any atom is -0.507 e. The van der Waals surface area contributed by atoms with Crippen LogP contribution in [0.2, 0.25) is 0 Å². The van der Waals surface area contributed by atoms with Crippen molar-refractivity contribution in [2.75, 3.05) is 22.6 Å². The van der Waals surface area contributed by atoms with Crippen LogP contribution in [0, 0.1) is 26.2 Å². The van der Waals surface area contributed by atoms with Gasteiger partial charge in [-0.1, -0.05) is 12.1 Å². The van der Waals surface area contributed by atoms with Crippen molar-refractivity contribution in [1.29, 1.82) is 5.41 Å². The van der Waals surface area contributed by atoms with Gasteiger partial charge in [0.1, 0.15) is 22.8 Å². The average molecular weight is 622 g/mol. The number of carbonyl (C=O) groups excluding carboxylic acids is 2. The Morgan fingerprint density at radius 1 is 1.05 bits per heavy atom. The van der Waals surface area contributed by atoms with Crippen LogP contribution < -0.4 is 31.2 Å². The first kappa shape index (κ1) is 33.8. The number of rotatable bonds is 9. The first-order valence-corrected chi connectivity index (χ1v) is 14.1. The van der Waals surface area contributed by atoms with Gasteiger partial charge in [0.2, 0.25) is 11.8 Å². The van der Waals surface area contributed by atoms with E-state index in [9.17, 15) is 14.7 Å². The van der Waals surface area contributed by atoms with E-state index in [1.54, 1.807) is 48.5 Å². The van der Waals surface area contributed by atoms with Crippen LogP contribution in [0.15, 0.2) is 48.5 Å². The maximum Gasteiger partial charge on any atom is 0.248 e. The van der Waals surface area contributed by atoms with Crippen LogP contribution in [-0.2, 0) is 16.0 Å². The van der Waals surface area contributed by atoms with E-state index in [1.165, 1.54) is 13.0 Å². The number of benzene rings is 3. The van der Waals surface area contributed by atoms with Crippen LogP contribution in [0.1, 0.15) is 54.5 Å². The maximum absolute atomic E-state index is 12.6. The van der Waals surface area contributed by atoms with Crippen molar-refractivity contribution < 1.29 is 24.2 Å². The fraction of sp³-hybridized carbons (Fsp3) is 0.303. The minimum absolute atomic E-state index is 0. The van der Waals surface area contributed by atoms with Gasteiger partial charge < -0.3 is 36.3 Å². The summed E-state index contributed by atoms with van der Waals surface area (Å²) in [6.45, 7) is 9.62. The van der Waals surface area contributed by atoms with Crippen molar-refractivity contribution in [3.05, 3.63) is 76.4 Å². The number of phenolic OH excluding ortho intramolecular Hbond substituents is 1. The number of halogens is 1. The highest BCUT2D eigenvalue weighted by atomic mass is 35.5. The Labute approximate surface area is 263 Å². The van der Waals surface area contributed by atoms with Crippen molar-refractivity contribution in [1.82, 2.24) is 0 Å². The zero-order chi connectivity index (χ0) is 31.3. The predicted molar refractivity (Wildman–Crippen MR) is 177 cm³/mol. The Kier molecular flexibility index (Phi) is 10.9. The largest absolute Gasteiger partial charge is 0.507 e. The number of aromatic hydroxyl groups is 1. The number of hydrogen-bond donors (Lipinski definition) is 6. The molecular formula is C33H40ClN5O5. The highest BCUT2D eigenvalue weighted by Gasteiger charge is 2.34. The second kappa shape index (κ2) is 14.2. The number of nitrogens with one attached hydrogen (secondary N) is 4. The Hall–Kier alpha value is -4.70. The van der Waals surface area contributed by atoms with Crippen LogP contribution in [0.3, 0.4) is 0 Å². The molecule has 11 heteroatoms. The lowest BCUT2D eigenvalue weighted by Crippen LogP contribution is -2.38. The van der Waals surface area contributed by atoms with Crippen LogP contribution in [0.4, 0.5) is 17.1 Å². The Balaban J connectivity index is 0.00000529. The molecule has 10 nitrogen and oxygen atoms in total. The zero-order valence-corrected chi connectivity index (χ0v) is 26.4. The third-order valence-electron chi connectivity index (χ3n) is 7.66. The summed E-state index contributed by atoms with van der Waals surface area (Å²) in [5, 5.41) is 26.0. The molecule has 2 amide bonds. The number of amides is 2. The van der Waals surface area contributed by atoms with E-state index in [0.29, 0.717) is 41.6 Å². The highest BCUT2D eigenvalue weighted by Crippen LogP contribution is 2.44. The van der Waals surface area contributed by atoms with E-state index in [4.69, 9.17) is 20.6 Å². The number of fused-ring (bicyclic) bond motifs is 1. The monoisotopic (exact) mass is 621 g/mol. The van der Waals surface area contributed by atoms with Gasteiger partial charge in [-0.05, 0) is 99.2 Å². The number of nitrogens with two attached hydrogens (primary N) is 1. The molecule has 0 saturated heterocycles. The molecule has 3 aromatic carbocycles. The topological polar surface area (TPSA) is 159 Å². The summed E-state index contributed by atoms with van der Waals surface area (Å²) in [6.07, 6.45) is 5.26. The smallest absolute Gasteiger partial charge is 0.248 e. The SMILES string of the molecule is CC(=O)Nc1cc(NC(=O)C=Cc2ccc(NC(=N)N)cc2)ccc1OCCC1(C)CCc2c(C)c(O)c(C)c(C)c2O1.Cl. The lowest BCUT2D eigenvalue weighted by molar-refractivity contribution is -0.114. The quantitative estimate of drug-likeness (QED) is 0.0941. The normalized spacial score (nSPS) is 15.4. The predicted octanol–water partition coefficient (Wildman–Crippen LogP) is 6.21. The third kappa shape index (κ3) is 8.23. The summed E-state index contributed by atoms with van der Waals surface area (Å²) < 4.78 is 12.6. The van der Waals surface area contributed by atoms with E-state index >= 15 is 0 Å². The molecule has 0 aliphatic carbocycles.